The Morgan fingerprint density at radius 1 is 0.946 bits per heavy atom. The summed E-state index contributed by atoms with van der Waals surface area (Å²) in [7, 11) is 0. The number of piperazine rings is 1. The Morgan fingerprint density at radius 2 is 1.78 bits per heavy atom. The van der Waals surface area contributed by atoms with Crippen molar-refractivity contribution in [2.75, 3.05) is 37.6 Å². The van der Waals surface area contributed by atoms with Gasteiger partial charge in [-0.1, -0.05) is 38.0 Å². The number of halogens is 1. The number of anilines is 1. The second-order valence-corrected chi connectivity index (χ2v) is 10.4. The van der Waals surface area contributed by atoms with Crippen LogP contribution in [0.4, 0.5) is 10.2 Å². The fourth-order valence-corrected chi connectivity index (χ4v) is 6.03. The number of aromatic nitrogens is 4. The van der Waals surface area contributed by atoms with Crippen LogP contribution in [0.15, 0.2) is 60.8 Å². The molecular formula is C30H35FN6. The average Bonchev–Trinajstić information content (AvgIpc) is 3.60. The molecule has 0 N–H and O–H groups in total. The first-order valence-corrected chi connectivity index (χ1v) is 13.7. The molecule has 1 aromatic carbocycles. The van der Waals surface area contributed by atoms with Gasteiger partial charge in [0.25, 0.3) is 0 Å². The van der Waals surface area contributed by atoms with Crippen LogP contribution >= 0.6 is 0 Å². The third-order valence-electron chi connectivity index (χ3n) is 8.08. The zero-order valence-corrected chi connectivity index (χ0v) is 21.6. The third kappa shape index (κ3) is 4.97. The first-order chi connectivity index (χ1) is 18.2. The topological polar surface area (TPSA) is 49.6 Å². The molecule has 192 valence electrons. The van der Waals surface area contributed by atoms with E-state index in [1.165, 1.54) is 25.5 Å². The number of imidazole rings is 1. The standard InChI is InChI=1S/C30H35FN6/c1-2-3-15-35-16-18-36(19-17-35)30-12-6-11-27(33-30)28-21-32-29-14-13-26(34-37(28)29)25-10-5-9-24(25)22-7-4-8-23(31)20-22/h4,6-8,11-14,20-21,24-25H,2-3,5,9-10,15-19H2,1H3/t24-,25?/m1/s1. The number of nitrogens with zero attached hydrogens (tertiary/aromatic N) is 6. The van der Waals surface area contributed by atoms with Crippen molar-refractivity contribution in [3.63, 3.8) is 0 Å². The Balaban J connectivity index is 1.26. The second kappa shape index (κ2) is 10.6. The molecule has 1 aliphatic heterocycles. The van der Waals surface area contributed by atoms with E-state index in [2.05, 4.69) is 39.9 Å². The molecule has 0 bridgehead atoms. The summed E-state index contributed by atoms with van der Waals surface area (Å²) in [5.74, 6) is 1.40. The highest BCUT2D eigenvalue weighted by molar-refractivity contribution is 5.61. The molecule has 1 aliphatic carbocycles. The maximum Gasteiger partial charge on any atom is 0.154 e. The monoisotopic (exact) mass is 498 g/mol. The van der Waals surface area contributed by atoms with Gasteiger partial charge in [-0.15, -0.1) is 0 Å². The first-order valence-electron chi connectivity index (χ1n) is 13.7. The van der Waals surface area contributed by atoms with Gasteiger partial charge in [-0.25, -0.2) is 18.9 Å². The Morgan fingerprint density at radius 3 is 2.62 bits per heavy atom. The van der Waals surface area contributed by atoms with Crippen molar-refractivity contribution in [2.45, 2.75) is 50.9 Å². The Kier molecular flexibility index (Phi) is 6.87. The van der Waals surface area contributed by atoms with E-state index in [-0.39, 0.29) is 17.7 Å². The van der Waals surface area contributed by atoms with Gasteiger partial charge in [0.2, 0.25) is 0 Å². The Labute approximate surface area is 218 Å². The second-order valence-electron chi connectivity index (χ2n) is 10.4. The lowest BCUT2D eigenvalue weighted by Gasteiger charge is -2.35. The summed E-state index contributed by atoms with van der Waals surface area (Å²) >= 11 is 0. The molecule has 1 unspecified atom stereocenters. The predicted octanol–water partition coefficient (Wildman–Crippen LogP) is 5.90. The molecule has 7 heteroatoms. The molecule has 0 radical (unpaired) electrons. The van der Waals surface area contributed by atoms with Gasteiger partial charge in [0.15, 0.2) is 5.65 Å². The van der Waals surface area contributed by atoms with E-state index in [0.717, 1.165) is 79.6 Å². The summed E-state index contributed by atoms with van der Waals surface area (Å²) in [5.41, 5.74) is 4.71. The van der Waals surface area contributed by atoms with Gasteiger partial charge in [-0.2, -0.15) is 5.10 Å². The zero-order chi connectivity index (χ0) is 25.2. The maximum atomic E-state index is 14.0. The molecule has 6 rings (SSSR count). The molecule has 6 nitrogen and oxygen atoms in total. The van der Waals surface area contributed by atoms with Crippen LogP contribution in [0.3, 0.4) is 0 Å². The van der Waals surface area contributed by atoms with E-state index in [9.17, 15) is 4.39 Å². The maximum absolute atomic E-state index is 14.0. The molecule has 2 fully saturated rings. The van der Waals surface area contributed by atoms with E-state index in [4.69, 9.17) is 10.1 Å². The molecule has 3 aromatic heterocycles. The minimum absolute atomic E-state index is 0.170. The molecule has 2 atom stereocenters. The number of benzene rings is 1. The molecule has 2 aliphatic rings. The van der Waals surface area contributed by atoms with Crippen LogP contribution in [0.5, 0.6) is 0 Å². The fraction of sp³-hybridized carbons (Fsp3) is 0.433. The quantitative estimate of drug-likeness (QED) is 0.317. The van der Waals surface area contributed by atoms with Crippen molar-refractivity contribution in [3.05, 3.63) is 77.9 Å². The molecule has 0 spiro atoms. The number of unbranched alkanes of at least 4 members (excludes halogenated alkanes) is 1. The first kappa shape index (κ1) is 24.0. The molecule has 4 aromatic rings. The van der Waals surface area contributed by atoms with E-state index >= 15 is 0 Å². The summed E-state index contributed by atoms with van der Waals surface area (Å²) in [6, 6.07) is 17.4. The molecular weight excluding hydrogens is 463 g/mol. The van der Waals surface area contributed by atoms with Crippen LogP contribution in [-0.2, 0) is 0 Å². The van der Waals surface area contributed by atoms with Crippen molar-refractivity contribution < 1.29 is 4.39 Å². The van der Waals surface area contributed by atoms with Crippen LogP contribution in [0, 0.1) is 5.82 Å². The minimum Gasteiger partial charge on any atom is -0.354 e. The summed E-state index contributed by atoms with van der Waals surface area (Å²) in [6.07, 6.45) is 7.62. The summed E-state index contributed by atoms with van der Waals surface area (Å²) < 4.78 is 15.9. The van der Waals surface area contributed by atoms with Crippen LogP contribution in [0.25, 0.3) is 17.0 Å². The smallest absolute Gasteiger partial charge is 0.154 e. The third-order valence-corrected chi connectivity index (χ3v) is 8.08. The minimum atomic E-state index is -0.170. The van der Waals surface area contributed by atoms with Crippen molar-refractivity contribution >= 4 is 11.5 Å². The SMILES string of the molecule is CCCCN1CCN(c2cccc(-c3cnc4ccc(C5CCC[C@@H]5c5cccc(F)c5)nn34)n2)CC1. The zero-order valence-electron chi connectivity index (χ0n) is 21.6. The van der Waals surface area contributed by atoms with E-state index in [1.54, 1.807) is 6.07 Å². The van der Waals surface area contributed by atoms with Crippen molar-refractivity contribution in [1.82, 2.24) is 24.5 Å². The largest absolute Gasteiger partial charge is 0.354 e. The highest BCUT2D eigenvalue weighted by atomic mass is 19.1. The molecule has 0 amide bonds. The van der Waals surface area contributed by atoms with Gasteiger partial charge in [-0.3, -0.25) is 4.90 Å². The van der Waals surface area contributed by atoms with Crippen LogP contribution < -0.4 is 4.90 Å². The lowest BCUT2D eigenvalue weighted by molar-refractivity contribution is 0.253. The fourth-order valence-electron chi connectivity index (χ4n) is 6.03. The number of hydrogen-bond donors (Lipinski definition) is 0. The normalized spacial score (nSPS) is 20.6. The van der Waals surface area contributed by atoms with E-state index < -0.39 is 0 Å². The summed E-state index contributed by atoms with van der Waals surface area (Å²) in [5, 5.41) is 5.07. The van der Waals surface area contributed by atoms with Crippen molar-refractivity contribution in [1.29, 1.82) is 0 Å². The lowest BCUT2D eigenvalue weighted by Crippen LogP contribution is -2.46. The van der Waals surface area contributed by atoms with Crippen molar-refractivity contribution in [3.8, 4) is 11.4 Å². The highest BCUT2D eigenvalue weighted by Crippen LogP contribution is 2.45. The highest BCUT2D eigenvalue weighted by Gasteiger charge is 2.31. The average molecular weight is 499 g/mol. The van der Waals surface area contributed by atoms with E-state index in [0.29, 0.717) is 0 Å². The number of hydrogen-bond acceptors (Lipinski definition) is 5. The number of pyridine rings is 1. The van der Waals surface area contributed by atoms with Gasteiger partial charge in [0.1, 0.15) is 17.3 Å². The van der Waals surface area contributed by atoms with Crippen molar-refractivity contribution in [2.24, 2.45) is 0 Å². The van der Waals surface area contributed by atoms with E-state index in [1.807, 2.05) is 35.0 Å². The van der Waals surface area contributed by atoms with Gasteiger partial charge < -0.3 is 4.90 Å². The van der Waals surface area contributed by atoms with Crippen LogP contribution in [0.1, 0.15) is 62.1 Å². The molecule has 4 heterocycles. The Bertz CT molecular complexity index is 1360. The molecule has 37 heavy (non-hydrogen) atoms. The number of fused-ring (bicyclic) bond motifs is 1. The summed E-state index contributed by atoms with van der Waals surface area (Å²) in [4.78, 5) is 14.6. The predicted molar refractivity (Wildman–Crippen MR) is 146 cm³/mol. The number of rotatable bonds is 7. The van der Waals surface area contributed by atoms with Gasteiger partial charge >= 0.3 is 0 Å². The molecule has 1 saturated carbocycles. The van der Waals surface area contributed by atoms with Gasteiger partial charge in [0.05, 0.1) is 17.6 Å². The Hall–Kier alpha value is -3.32. The molecule has 1 saturated heterocycles. The van der Waals surface area contributed by atoms with Gasteiger partial charge in [0, 0.05) is 32.1 Å². The van der Waals surface area contributed by atoms with Gasteiger partial charge in [-0.05, 0) is 73.7 Å². The van der Waals surface area contributed by atoms with Crippen LogP contribution in [0.2, 0.25) is 0 Å². The summed E-state index contributed by atoms with van der Waals surface area (Å²) in [6.45, 7) is 7.60. The lowest BCUT2D eigenvalue weighted by atomic mass is 9.86. The van der Waals surface area contributed by atoms with Crippen LogP contribution in [-0.4, -0.2) is 57.2 Å².